The number of ether oxygens (including phenoxy) is 2. The Morgan fingerprint density at radius 2 is 1.30 bits per heavy atom. The highest BCUT2D eigenvalue weighted by Crippen LogP contribution is 2.41. The number of allylic oxidation sites excluding steroid dienone is 1. The summed E-state index contributed by atoms with van der Waals surface area (Å²) in [4.78, 5) is 0. The van der Waals surface area contributed by atoms with Crippen molar-refractivity contribution in [1.82, 2.24) is 0 Å². The molecule has 23 heavy (non-hydrogen) atoms. The molecule has 2 nitrogen and oxygen atoms in total. The molecule has 0 amide bonds. The lowest BCUT2D eigenvalue weighted by Gasteiger charge is -2.37. The molecule has 0 saturated heterocycles. The zero-order valence-corrected chi connectivity index (χ0v) is 15.5. The molecule has 0 bridgehead atoms. The zero-order valence-electron chi connectivity index (χ0n) is 15.5. The molecule has 2 aliphatic rings. The second-order valence-electron chi connectivity index (χ2n) is 7.74. The summed E-state index contributed by atoms with van der Waals surface area (Å²) in [5.41, 5.74) is 0. The van der Waals surface area contributed by atoms with Crippen molar-refractivity contribution in [2.45, 2.75) is 71.6 Å². The molecule has 0 aromatic heterocycles. The van der Waals surface area contributed by atoms with Gasteiger partial charge in [-0.2, -0.15) is 0 Å². The van der Waals surface area contributed by atoms with Gasteiger partial charge in [0.05, 0.1) is 6.61 Å². The van der Waals surface area contributed by atoms with Gasteiger partial charge in [0.2, 0.25) is 0 Å². The fourth-order valence-electron chi connectivity index (χ4n) is 4.45. The number of hydrogen-bond donors (Lipinski definition) is 0. The Morgan fingerprint density at radius 1 is 0.783 bits per heavy atom. The van der Waals surface area contributed by atoms with Gasteiger partial charge in [0.1, 0.15) is 0 Å². The van der Waals surface area contributed by atoms with Crippen LogP contribution >= 0.6 is 0 Å². The van der Waals surface area contributed by atoms with Crippen molar-refractivity contribution in [2.75, 3.05) is 26.4 Å². The summed E-state index contributed by atoms with van der Waals surface area (Å²) < 4.78 is 11.5. The van der Waals surface area contributed by atoms with Crippen LogP contribution in [0.1, 0.15) is 71.6 Å². The Kier molecular flexibility index (Phi) is 9.29. The minimum atomic E-state index is 0.792. The quantitative estimate of drug-likeness (QED) is 0.405. The van der Waals surface area contributed by atoms with Gasteiger partial charge in [0.15, 0.2) is 0 Å². The number of hydrogen-bond acceptors (Lipinski definition) is 2. The van der Waals surface area contributed by atoms with Crippen LogP contribution in [0.4, 0.5) is 0 Å². The van der Waals surface area contributed by atoms with E-state index in [1.807, 2.05) is 0 Å². The molecule has 2 saturated carbocycles. The SMILES string of the molecule is C/C=C\COCC1CCC(C2CCC(COCCC)CC2)CC1. The summed E-state index contributed by atoms with van der Waals surface area (Å²) in [7, 11) is 0. The van der Waals surface area contributed by atoms with Gasteiger partial charge < -0.3 is 9.47 Å². The van der Waals surface area contributed by atoms with E-state index in [0.29, 0.717) is 0 Å². The fraction of sp³-hybridized carbons (Fsp3) is 0.905. The molecule has 0 N–H and O–H groups in total. The first-order valence-electron chi connectivity index (χ1n) is 10.1. The molecule has 0 spiro atoms. The molecule has 0 unspecified atom stereocenters. The minimum absolute atomic E-state index is 0.792. The van der Waals surface area contributed by atoms with Crippen LogP contribution in [0.5, 0.6) is 0 Å². The van der Waals surface area contributed by atoms with E-state index in [1.165, 1.54) is 51.4 Å². The van der Waals surface area contributed by atoms with Gasteiger partial charge in [-0.05, 0) is 88.4 Å². The standard InChI is InChI=1S/C21H38O2/c1-3-5-15-23-17-19-8-12-21(13-9-19)20-10-6-18(7-11-20)16-22-14-4-2/h3,5,18-21H,4,6-17H2,1-2H3/b5-3-. The van der Waals surface area contributed by atoms with E-state index in [0.717, 1.165) is 56.5 Å². The molecule has 2 aliphatic carbocycles. The Labute approximate surface area is 144 Å². The average Bonchev–Trinajstić information content (AvgIpc) is 2.60. The largest absolute Gasteiger partial charge is 0.381 e. The third kappa shape index (κ3) is 6.97. The van der Waals surface area contributed by atoms with Crippen LogP contribution in [0.2, 0.25) is 0 Å². The van der Waals surface area contributed by atoms with Crippen molar-refractivity contribution in [3.63, 3.8) is 0 Å². The summed E-state index contributed by atoms with van der Waals surface area (Å²) in [5, 5.41) is 0. The van der Waals surface area contributed by atoms with Crippen LogP contribution in [-0.4, -0.2) is 26.4 Å². The van der Waals surface area contributed by atoms with Gasteiger partial charge in [-0.15, -0.1) is 0 Å². The molecule has 0 aliphatic heterocycles. The summed E-state index contributed by atoms with van der Waals surface area (Å²) in [5.74, 6) is 3.66. The van der Waals surface area contributed by atoms with Crippen molar-refractivity contribution in [2.24, 2.45) is 23.7 Å². The molecular formula is C21H38O2. The van der Waals surface area contributed by atoms with E-state index in [4.69, 9.17) is 9.47 Å². The van der Waals surface area contributed by atoms with E-state index in [-0.39, 0.29) is 0 Å². The van der Waals surface area contributed by atoms with E-state index in [9.17, 15) is 0 Å². The van der Waals surface area contributed by atoms with Gasteiger partial charge in [-0.25, -0.2) is 0 Å². The lowest BCUT2D eigenvalue weighted by Crippen LogP contribution is -2.28. The summed E-state index contributed by atoms with van der Waals surface area (Å²) in [6.45, 7) is 7.97. The maximum atomic E-state index is 5.75. The molecule has 0 aromatic carbocycles. The van der Waals surface area contributed by atoms with Crippen LogP contribution in [0, 0.1) is 23.7 Å². The lowest BCUT2D eigenvalue weighted by molar-refractivity contribution is 0.0559. The minimum Gasteiger partial charge on any atom is -0.381 e. The summed E-state index contributed by atoms with van der Waals surface area (Å²) in [6, 6.07) is 0. The molecule has 2 heteroatoms. The first kappa shape index (κ1) is 19.0. The Balaban J connectivity index is 1.57. The van der Waals surface area contributed by atoms with Crippen molar-refractivity contribution in [1.29, 1.82) is 0 Å². The van der Waals surface area contributed by atoms with Crippen molar-refractivity contribution < 1.29 is 9.47 Å². The normalized spacial score (nSPS) is 32.4. The molecule has 134 valence electrons. The second kappa shape index (κ2) is 11.3. The summed E-state index contributed by atoms with van der Waals surface area (Å²) >= 11 is 0. The van der Waals surface area contributed by atoms with Crippen LogP contribution in [0.3, 0.4) is 0 Å². The monoisotopic (exact) mass is 322 g/mol. The topological polar surface area (TPSA) is 18.5 Å². The molecular weight excluding hydrogens is 284 g/mol. The Hall–Kier alpha value is -0.340. The lowest BCUT2D eigenvalue weighted by atomic mass is 9.69. The smallest absolute Gasteiger partial charge is 0.0647 e. The maximum Gasteiger partial charge on any atom is 0.0647 e. The molecule has 0 radical (unpaired) electrons. The van der Waals surface area contributed by atoms with Gasteiger partial charge >= 0.3 is 0 Å². The highest BCUT2D eigenvalue weighted by Gasteiger charge is 2.30. The van der Waals surface area contributed by atoms with Crippen LogP contribution in [0.15, 0.2) is 12.2 Å². The van der Waals surface area contributed by atoms with Crippen molar-refractivity contribution >= 4 is 0 Å². The van der Waals surface area contributed by atoms with Gasteiger partial charge in [0.25, 0.3) is 0 Å². The zero-order chi connectivity index (χ0) is 16.3. The number of rotatable bonds is 9. The predicted molar refractivity (Wildman–Crippen MR) is 97.6 cm³/mol. The molecule has 0 aromatic rings. The predicted octanol–water partition coefficient (Wildman–Crippen LogP) is 5.62. The average molecular weight is 323 g/mol. The van der Waals surface area contributed by atoms with Crippen molar-refractivity contribution in [3.05, 3.63) is 12.2 Å². The maximum absolute atomic E-state index is 5.75. The van der Waals surface area contributed by atoms with E-state index < -0.39 is 0 Å². The van der Waals surface area contributed by atoms with Crippen molar-refractivity contribution in [3.8, 4) is 0 Å². The highest BCUT2D eigenvalue weighted by molar-refractivity contribution is 4.82. The van der Waals surface area contributed by atoms with Crippen LogP contribution < -0.4 is 0 Å². The molecule has 0 atom stereocenters. The molecule has 2 fully saturated rings. The third-order valence-electron chi connectivity index (χ3n) is 5.95. The van der Waals surface area contributed by atoms with Gasteiger partial charge in [-0.3, -0.25) is 0 Å². The second-order valence-corrected chi connectivity index (χ2v) is 7.74. The summed E-state index contributed by atoms with van der Waals surface area (Å²) in [6.07, 6.45) is 16.7. The Bertz CT molecular complexity index is 310. The first-order chi connectivity index (χ1) is 11.3. The third-order valence-corrected chi connectivity index (χ3v) is 5.95. The van der Waals surface area contributed by atoms with E-state index in [2.05, 4.69) is 26.0 Å². The Morgan fingerprint density at radius 3 is 1.78 bits per heavy atom. The van der Waals surface area contributed by atoms with Gasteiger partial charge in [-0.1, -0.05) is 19.1 Å². The van der Waals surface area contributed by atoms with E-state index >= 15 is 0 Å². The fourth-order valence-corrected chi connectivity index (χ4v) is 4.45. The van der Waals surface area contributed by atoms with Gasteiger partial charge in [0, 0.05) is 19.8 Å². The first-order valence-corrected chi connectivity index (χ1v) is 10.1. The molecule has 0 heterocycles. The van der Waals surface area contributed by atoms with E-state index in [1.54, 1.807) is 0 Å². The van der Waals surface area contributed by atoms with Crippen LogP contribution in [0.25, 0.3) is 0 Å². The highest BCUT2D eigenvalue weighted by atomic mass is 16.5. The van der Waals surface area contributed by atoms with Crippen LogP contribution in [-0.2, 0) is 9.47 Å². The molecule has 2 rings (SSSR count).